The second-order valence-electron chi connectivity index (χ2n) is 4.55. The number of ether oxygens (including phenoxy) is 1. The Balaban J connectivity index is 1.69. The van der Waals surface area contributed by atoms with Gasteiger partial charge in [-0.05, 0) is 24.3 Å². The van der Waals surface area contributed by atoms with Gasteiger partial charge >= 0.3 is 0 Å². The smallest absolute Gasteiger partial charge is 0.257 e. The maximum absolute atomic E-state index is 11.7. The van der Waals surface area contributed by atoms with Gasteiger partial charge in [-0.3, -0.25) is 4.79 Å². The van der Waals surface area contributed by atoms with Crippen LogP contribution in [0.2, 0.25) is 0 Å². The molecular formula is C14H18N2O2S3. The molecule has 1 saturated heterocycles. The van der Waals surface area contributed by atoms with Crippen molar-refractivity contribution in [3.8, 4) is 5.75 Å². The average molecular weight is 343 g/mol. The Labute approximate surface area is 138 Å². The van der Waals surface area contributed by atoms with Gasteiger partial charge in [-0.1, -0.05) is 12.2 Å². The highest BCUT2D eigenvalue weighted by Gasteiger charge is 2.15. The van der Waals surface area contributed by atoms with E-state index in [4.69, 9.17) is 22.7 Å². The molecule has 0 spiro atoms. The molecule has 1 heterocycles. The van der Waals surface area contributed by atoms with Gasteiger partial charge in [-0.2, -0.15) is 23.5 Å². The van der Waals surface area contributed by atoms with Crippen molar-refractivity contribution in [2.24, 2.45) is 5.73 Å². The minimum Gasteiger partial charge on any atom is -0.484 e. The van der Waals surface area contributed by atoms with Crippen LogP contribution in [0.1, 0.15) is 5.56 Å². The van der Waals surface area contributed by atoms with Crippen molar-refractivity contribution < 1.29 is 9.53 Å². The van der Waals surface area contributed by atoms with Crippen LogP contribution in [0.25, 0.3) is 0 Å². The molecule has 1 aromatic carbocycles. The lowest BCUT2D eigenvalue weighted by molar-refractivity contribution is -0.123. The molecule has 4 nitrogen and oxygen atoms in total. The van der Waals surface area contributed by atoms with E-state index in [1.165, 1.54) is 5.75 Å². The van der Waals surface area contributed by atoms with Gasteiger partial charge in [0.05, 0.1) is 0 Å². The first kappa shape index (κ1) is 16.5. The van der Waals surface area contributed by atoms with Gasteiger partial charge in [-0.25, -0.2) is 0 Å². The number of thioether (sulfide) groups is 2. The lowest BCUT2D eigenvalue weighted by Crippen LogP contribution is -2.36. The van der Waals surface area contributed by atoms with Crippen LogP contribution >= 0.6 is 35.7 Å². The van der Waals surface area contributed by atoms with Crippen molar-refractivity contribution in [3.63, 3.8) is 0 Å². The zero-order chi connectivity index (χ0) is 15.1. The highest BCUT2D eigenvalue weighted by Crippen LogP contribution is 2.23. The van der Waals surface area contributed by atoms with Crippen molar-refractivity contribution >= 4 is 46.6 Å². The standard InChI is InChI=1S/C14H18N2O2S3/c15-14(19)10-1-3-11(4-2-10)18-8-13(17)16-7-12-9-20-5-6-21-12/h1-4,12H,5-9H2,(H2,15,19)(H,16,17). The largest absolute Gasteiger partial charge is 0.484 e. The summed E-state index contributed by atoms with van der Waals surface area (Å²) in [6.07, 6.45) is 0. The average Bonchev–Trinajstić information content (AvgIpc) is 2.52. The molecule has 0 aliphatic carbocycles. The zero-order valence-electron chi connectivity index (χ0n) is 11.5. The molecular weight excluding hydrogens is 324 g/mol. The van der Waals surface area contributed by atoms with Crippen LogP contribution < -0.4 is 15.8 Å². The van der Waals surface area contributed by atoms with Gasteiger partial charge in [-0.15, -0.1) is 0 Å². The van der Waals surface area contributed by atoms with Crippen molar-refractivity contribution in [1.29, 1.82) is 0 Å². The van der Waals surface area contributed by atoms with Crippen LogP contribution in [0, 0.1) is 0 Å². The molecule has 1 aliphatic heterocycles. The molecule has 1 atom stereocenters. The number of amides is 1. The molecule has 3 N–H and O–H groups in total. The molecule has 1 fully saturated rings. The molecule has 1 unspecified atom stereocenters. The highest BCUT2D eigenvalue weighted by atomic mass is 32.2. The van der Waals surface area contributed by atoms with Crippen molar-refractivity contribution in [1.82, 2.24) is 5.32 Å². The number of nitrogens with two attached hydrogens (primary N) is 1. The predicted octanol–water partition coefficient (Wildman–Crippen LogP) is 1.66. The van der Waals surface area contributed by atoms with Gasteiger partial charge in [0.2, 0.25) is 0 Å². The minimum atomic E-state index is -0.0930. The van der Waals surface area contributed by atoms with E-state index in [0.29, 0.717) is 22.5 Å². The molecule has 0 aromatic heterocycles. The van der Waals surface area contributed by atoms with E-state index in [9.17, 15) is 4.79 Å². The number of rotatable bonds is 6. The van der Waals surface area contributed by atoms with E-state index in [1.807, 2.05) is 23.5 Å². The number of benzene rings is 1. The molecule has 1 amide bonds. The Bertz CT molecular complexity index is 487. The molecule has 2 rings (SSSR count). The summed E-state index contributed by atoms with van der Waals surface area (Å²) in [5.41, 5.74) is 6.30. The third-order valence-corrected chi connectivity index (χ3v) is 6.00. The zero-order valence-corrected chi connectivity index (χ0v) is 14.0. The quantitative estimate of drug-likeness (QED) is 0.767. The first-order chi connectivity index (χ1) is 10.1. The van der Waals surface area contributed by atoms with Crippen molar-refractivity contribution in [2.45, 2.75) is 5.25 Å². The summed E-state index contributed by atoms with van der Waals surface area (Å²) in [5.74, 6) is 4.02. The SMILES string of the molecule is NC(=S)c1ccc(OCC(=O)NCC2CSCCS2)cc1. The Morgan fingerprint density at radius 3 is 2.76 bits per heavy atom. The number of thiocarbonyl (C=S) groups is 1. The first-order valence-electron chi connectivity index (χ1n) is 6.64. The van der Waals surface area contributed by atoms with Gasteiger partial charge < -0.3 is 15.8 Å². The molecule has 0 bridgehead atoms. The van der Waals surface area contributed by atoms with E-state index < -0.39 is 0 Å². The van der Waals surface area contributed by atoms with E-state index in [-0.39, 0.29) is 12.5 Å². The summed E-state index contributed by atoms with van der Waals surface area (Å²) in [5, 5.41) is 3.42. The molecule has 0 radical (unpaired) electrons. The minimum absolute atomic E-state index is 0.0247. The number of hydrogen-bond acceptors (Lipinski definition) is 5. The Kier molecular flexibility index (Phi) is 6.66. The van der Waals surface area contributed by atoms with Crippen LogP contribution in [0.4, 0.5) is 0 Å². The summed E-state index contributed by atoms with van der Waals surface area (Å²) in [6.45, 7) is 0.733. The molecule has 0 saturated carbocycles. The van der Waals surface area contributed by atoms with Gasteiger partial charge in [0, 0.05) is 34.6 Å². The fraction of sp³-hybridized carbons (Fsp3) is 0.429. The first-order valence-corrected chi connectivity index (χ1v) is 9.25. The summed E-state index contributed by atoms with van der Waals surface area (Å²) >= 11 is 8.75. The van der Waals surface area contributed by atoms with Crippen LogP contribution in [0.3, 0.4) is 0 Å². The number of carbonyl (C=O) groups excluding carboxylic acids is 1. The van der Waals surface area contributed by atoms with Crippen LogP contribution in [-0.2, 0) is 4.79 Å². The number of carbonyl (C=O) groups is 1. The lowest BCUT2D eigenvalue weighted by Gasteiger charge is -2.21. The normalized spacial score (nSPS) is 18.0. The predicted molar refractivity (Wildman–Crippen MR) is 94.4 cm³/mol. The second-order valence-corrected chi connectivity index (χ2v) is 7.55. The fourth-order valence-electron chi connectivity index (χ4n) is 1.80. The van der Waals surface area contributed by atoms with E-state index >= 15 is 0 Å². The summed E-state index contributed by atoms with van der Waals surface area (Å²) < 4.78 is 5.43. The Morgan fingerprint density at radius 2 is 2.14 bits per heavy atom. The Hall–Kier alpha value is -0.920. The summed E-state index contributed by atoms with van der Waals surface area (Å²) in [4.78, 5) is 12.1. The van der Waals surface area contributed by atoms with Gasteiger partial charge in [0.1, 0.15) is 10.7 Å². The third kappa shape index (κ3) is 5.76. The van der Waals surface area contributed by atoms with Crippen LogP contribution in [0.5, 0.6) is 5.75 Å². The summed E-state index contributed by atoms with van der Waals surface area (Å²) in [6, 6.07) is 7.09. The monoisotopic (exact) mass is 342 g/mol. The molecule has 1 aliphatic rings. The van der Waals surface area contributed by atoms with Gasteiger partial charge in [0.25, 0.3) is 5.91 Å². The maximum Gasteiger partial charge on any atom is 0.257 e. The summed E-state index contributed by atoms with van der Waals surface area (Å²) in [7, 11) is 0. The number of nitrogens with one attached hydrogen (secondary N) is 1. The van der Waals surface area contributed by atoms with E-state index in [0.717, 1.165) is 17.1 Å². The molecule has 21 heavy (non-hydrogen) atoms. The topological polar surface area (TPSA) is 64.3 Å². The van der Waals surface area contributed by atoms with Crippen molar-refractivity contribution in [2.75, 3.05) is 30.4 Å². The molecule has 7 heteroatoms. The third-order valence-electron chi connectivity index (χ3n) is 2.92. The highest BCUT2D eigenvalue weighted by molar-refractivity contribution is 8.06. The second kappa shape index (κ2) is 8.51. The van der Waals surface area contributed by atoms with Gasteiger partial charge in [0.15, 0.2) is 6.61 Å². The van der Waals surface area contributed by atoms with Crippen LogP contribution in [-0.4, -0.2) is 46.6 Å². The van der Waals surface area contributed by atoms with E-state index in [2.05, 4.69) is 5.32 Å². The number of hydrogen-bond donors (Lipinski definition) is 2. The fourth-order valence-corrected chi connectivity index (χ4v) is 4.55. The Morgan fingerprint density at radius 1 is 1.38 bits per heavy atom. The van der Waals surface area contributed by atoms with Crippen molar-refractivity contribution in [3.05, 3.63) is 29.8 Å². The lowest BCUT2D eigenvalue weighted by atomic mass is 10.2. The maximum atomic E-state index is 11.7. The molecule has 1 aromatic rings. The van der Waals surface area contributed by atoms with Crippen LogP contribution in [0.15, 0.2) is 24.3 Å². The molecule has 114 valence electrons. The van der Waals surface area contributed by atoms with E-state index in [1.54, 1.807) is 24.3 Å².